The van der Waals surface area contributed by atoms with Crippen molar-refractivity contribution in [2.45, 2.75) is 6.92 Å². The Balaban J connectivity index is 2.51. The molecule has 0 bridgehead atoms. The Morgan fingerprint density at radius 3 is 2.67 bits per heavy atom. The van der Waals surface area contributed by atoms with Crippen LogP contribution in [0.3, 0.4) is 0 Å². The highest BCUT2D eigenvalue weighted by molar-refractivity contribution is 8.00. The first-order valence-corrected chi connectivity index (χ1v) is 6.42. The number of nitrogens with one attached hydrogen (secondary N) is 1. The number of hydrogen-bond donors (Lipinski definition) is 2. The number of amides is 1. The predicted octanol–water partition coefficient (Wildman–Crippen LogP) is 1.76. The van der Waals surface area contributed by atoms with E-state index in [9.17, 15) is 9.59 Å². The lowest BCUT2D eigenvalue weighted by Gasteiger charge is -2.09. The number of carbonyl (C=O) groups excluding carboxylic acids is 1. The molecule has 0 unspecified atom stereocenters. The molecule has 1 amide bonds. The summed E-state index contributed by atoms with van der Waals surface area (Å²) in [5.74, 6) is -0.360. The van der Waals surface area contributed by atoms with Gasteiger partial charge in [-0.2, -0.15) is 0 Å². The summed E-state index contributed by atoms with van der Waals surface area (Å²) in [6.45, 7) is 1.86. The summed E-state index contributed by atoms with van der Waals surface area (Å²) in [6, 6.07) is 5.33. The molecule has 0 aliphatic rings. The quantitative estimate of drug-likeness (QED) is 0.823. The molecule has 98 valence electrons. The number of hydrogen-bond acceptors (Lipinski definition) is 4. The van der Waals surface area contributed by atoms with Crippen LogP contribution in [0.4, 0.5) is 5.69 Å². The van der Waals surface area contributed by atoms with Gasteiger partial charge < -0.3 is 15.2 Å². The second-order valence-corrected chi connectivity index (χ2v) is 4.60. The predicted molar refractivity (Wildman–Crippen MR) is 71.3 cm³/mol. The fraction of sp³-hybridized carbons (Fsp3) is 0.333. The molecule has 5 nitrogen and oxygen atoms in total. The number of carboxylic acids is 1. The van der Waals surface area contributed by atoms with E-state index in [1.165, 1.54) is 0 Å². The Bertz CT molecular complexity index is 448. The molecule has 0 heterocycles. The Morgan fingerprint density at radius 2 is 2.11 bits per heavy atom. The van der Waals surface area contributed by atoms with Gasteiger partial charge in [0.05, 0.1) is 18.6 Å². The molecule has 18 heavy (non-hydrogen) atoms. The number of carbonyl (C=O) groups is 2. The molecular formula is C12H15NO4S. The third-order valence-electron chi connectivity index (χ3n) is 2.17. The lowest BCUT2D eigenvalue weighted by molar-refractivity contribution is -0.133. The number of ether oxygens (including phenoxy) is 1. The molecule has 0 aliphatic heterocycles. The minimum atomic E-state index is -0.923. The highest BCUT2D eigenvalue weighted by Gasteiger charge is 2.07. The van der Waals surface area contributed by atoms with Crippen LogP contribution < -0.4 is 10.1 Å². The van der Waals surface area contributed by atoms with Crippen LogP contribution in [0.2, 0.25) is 0 Å². The number of thioether (sulfide) groups is 1. The monoisotopic (exact) mass is 269 g/mol. The number of aryl methyl sites for hydroxylation is 1. The maximum absolute atomic E-state index is 11.5. The van der Waals surface area contributed by atoms with Gasteiger partial charge in [0.15, 0.2) is 0 Å². The van der Waals surface area contributed by atoms with E-state index in [2.05, 4.69) is 5.32 Å². The number of rotatable bonds is 6. The second-order valence-electron chi connectivity index (χ2n) is 3.62. The standard InChI is InChI=1S/C12H15NO4S/c1-8-5-9(17-2)3-4-10(8)13-11(14)6-18-7-12(15)16/h3-5H,6-7H2,1-2H3,(H,13,14)(H,15,16). The molecular weight excluding hydrogens is 254 g/mol. The Morgan fingerprint density at radius 1 is 1.39 bits per heavy atom. The van der Waals surface area contributed by atoms with Crippen LogP contribution >= 0.6 is 11.8 Å². The average Bonchev–Trinajstić information content (AvgIpc) is 2.31. The minimum absolute atomic E-state index is 0.0744. The number of anilines is 1. The van der Waals surface area contributed by atoms with Crippen molar-refractivity contribution < 1.29 is 19.4 Å². The van der Waals surface area contributed by atoms with Crippen LogP contribution in [0.5, 0.6) is 5.75 Å². The van der Waals surface area contributed by atoms with E-state index in [0.717, 1.165) is 23.1 Å². The maximum atomic E-state index is 11.5. The van der Waals surface area contributed by atoms with Crippen LogP contribution in [-0.4, -0.2) is 35.6 Å². The summed E-state index contributed by atoms with van der Waals surface area (Å²) in [4.78, 5) is 21.8. The molecule has 0 atom stereocenters. The van der Waals surface area contributed by atoms with Crippen molar-refractivity contribution in [2.75, 3.05) is 23.9 Å². The molecule has 0 saturated carbocycles. The highest BCUT2D eigenvalue weighted by atomic mass is 32.2. The van der Waals surface area contributed by atoms with Crippen molar-refractivity contribution in [3.63, 3.8) is 0 Å². The van der Waals surface area contributed by atoms with Gasteiger partial charge in [0, 0.05) is 5.69 Å². The fourth-order valence-electron chi connectivity index (χ4n) is 1.32. The summed E-state index contributed by atoms with van der Waals surface area (Å²) < 4.78 is 5.06. The number of benzene rings is 1. The zero-order valence-corrected chi connectivity index (χ0v) is 11.0. The van der Waals surface area contributed by atoms with Crippen LogP contribution in [-0.2, 0) is 9.59 Å². The van der Waals surface area contributed by atoms with Crippen LogP contribution in [0.15, 0.2) is 18.2 Å². The summed E-state index contributed by atoms with van der Waals surface area (Å²) in [5, 5.41) is 11.2. The highest BCUT2D eigenvalue weighted by Crippen LogP contribution is 2.21. The van der Waals surface area contributed by atoms with E-state index in [0.29, 0.717) is 5.69 Å². The molecule has 0 fully saturated rings. The third kappa shape index (κ3) is 4.67. The summed E-state index contributed by atoms with van der Waals surface area (Å²) in [5.41, 5.74) is 1.60. The molecule has 1 aromatic carbocycles. The van der Waals surface area contributed by atoms with Crippen molar-refractivity contribution in [1.82, 2.24) is 0 Å². The van der Waals surface area contributed by atoms with E-state index in [4.69, 9.17) is 9.84 Å². The second kappa shape index (κ2) is 6.90. The fourth-order valence-corrected chi connectivity index (χ4v) is 1.85. The topological polar surface area (TPSA) is 75.6 Å². The van der Waals surface area contributed by atoms with Crippen LogP contribution in [0.25, 0.3) is 0 Å². The van der Waals surface area contributed by atoms with Gasteiger partial charge in [-0.3, -0.25) is 9.59 Å². The summed E-state index contributed by atoms with van der Waals surface area (Å²) in [6.07, 6.45) is 0. The largest absolute Gasteiger partial charge is 0.497 e. The first kappa shape index (κ1) is 14.4. The van der Waals surface area contributed by atoms with Gasteiger partial charge in [-0.25, -0.2) is 0 Å². The molecule has 0 spiro atoms. The van der Waals surface area contributed by atoms with E-state index in [1.54, 1.807) is 19.2 Å². The van der Waals surface area contributed by atoms with Gasteiger partial charge in [0.2, 0.25) is 5.91 Å². The van der Waals surface area contributed by atoms with E-state index < -0.39 is 5.97 Å². The Labute approximate surface area is 110 Å². The van der Waals surface area contributed by atoms with Gasteiger partial charge in [-0.15, -0.1) is 11.8 Å². The van der Waals surface area contributed by atoms with E-state index in [1.807, 2.05) is 13.0 Å². The lowest BCUT2D eigenvalue weighted by Crippen LogP contribution is -2.16. The molecule has 0 radical (unpaired) electrons. The zero-order chi connectivity index (χ0) is 13.5. The smallest absolute Gasteiger partial charge is 0.313 e. The van der Waals surface area contributed by atoms with Gasteiger partial charge in [-0.05, 0) is 30.7 Å². The summed E-state index contributed by atoms with van der Waals surface area (Å²) in [7, 11) is 1.58. The van der Waals surface area contributed by atoms with Crippen molar-refractivity contribution in [1.29, 1.82) is 0 Å². The lowest BCUT2D eigenvalue weighted by atomic mass is 10.2. The number of carboxylic acid groups (broad SMARTS) is 1. The van der Waals surface area contributed by atoms with Crippen molar-refractivity contribution in [3.05, 3.63) is 23.8 Å². The molecule has 0 aliphatic carbocycles. The van der Waals surface area contributed by atoms with Gasteiger partial charge in [0.1, 0.15) is 5.75 Å². The first-order chi connectivity index (χ1) is 8.52. The van der Waals surface area contributed by atoms with E-state index >= 15 is 0 Å². The van der Waals surface area contributed by atoms with Crippen molar-refractivity contribution in [2.24, 2.45) is 0 Å². The van der Waals surface area contributed by atoms with E-state index in [-0.39, 0.29) is 17.4 Å². The van der Waals surface area contributed by atoms with Crippen molar-refractivity contribution >= 4 is 29.3 Å². The van der Waals surface area contributed by atoms with Gasteiger partial charge in [-0.1, -0.05) is 0 Å². The molecule has 0 aromatic heterocycles. The van der Waals surface area contributed by atoms with Crippen molar-refractivity contribution in [3.8, 4) is 5.75 Å². The SMILES string of the molecule is COc1ccc(NC(=O)CSCC(=O)O)c(C)c1. The molecule has 1 aromatic rings. The maximum Gasteiger partial charge on any atom is 0.313 e. The first-order valence-electron chi connectivity index (χ1n) is 5.27. The molecule has 0 saturated heterocycles. The minimum Gasteiger partial charge on any atom is -0.497 e. The molecule has 1 rings (SSSR count). The van der Waals surface area contributed by atoms with Gasteiger partial charge >= 0.3 is 5.97 Å². The molecule has 6 heteroatoms. The number of aliphatic carboxylic acids is 1. The average molecular weight is 269 g/mol. The zero-order valence-electron chi connectivity index (χ0n) is 10.2. The third-order valence-corrected chi connectivity index (χ3v) is 3.08. The normalized spacial score (nSPS) is 9.89. The van der Waals surface area contributed by atoms with Crippen LogP contribution in [0, 0.1) is 6.92 Å². The Hall–Kier alpha value is -1.69. The Kier molecular flexibility index (Phi) is 5.51. The number of methoxy groups -OCH3 is 1. The molecule has 2 N–H and O–H groups in total. The summed E-state index contributed by atoms with van der Waals surface area (Å²) >= 11 is 1.07. The van der Waals surface area contributed by atoms with Gasteiger partial charge in [0.25, 0.3) is 0 Å². The van der Waals surface area contributed by atoms with Crippen LogP contribution in [0.1, 0.15) is 5.56 Å².